The minimum absolute atomic E-state index is 0.0336. The molecule has 1 amide bonds. The molecule has 0 fully saturated rings. The first-order valence-corrected chi connectivity index (χ1v) is 9.45. The highest BCUT2D eigenvalue weighted by Crippen LogP contribution is 2.31. The number of thioether (sulfide) groups is 1. The van der Waals surface area contributed by atoms with E-state index in [-0.39, 0.29) is 5.91 Å². The summed E-state index contributed by atoms with van der Waals surface area (Å²) in [4.78, 5) is 16.5. The summed E-state index contributed by atoms with van der Waals surface area (Å²) < 4.78 is 0.988. The second kappa shape index (κ2) is 7.34. The second-order valence-corrected chi connectivity index (χ2v) is 7.57. The third kappa shape index (κ3) is 4.25. The summed E-state index contributed by atoms with van der Waals surface area (Å²) in [6, 6.07) is 13.9. The van der Waals surface area contributed by atoms with Crippen molar-refractivity contribution < 1.29 is 4.79 Å². The highest BCUT2D eigenvalue weighted by Gasteiger charge is 2.10. The lowest BCUT2D eigenvalue weighted by Gasteiger charge is -2.02. The highest BCUT2D eigenvalue weighted by atomic mass is 35.5. The smallest absolute Gasteiger partial charge is 0.236 e. The molecule has 3 nitrogen and oxygen atoms in total. The zero-order valence-corrected chi connectivity index (χ0v) is 14.9. The lowest BCUT2D eigenvalue weighted by atomic mass is 10.2. The van der Waals surface area contributed by atoms with Gasteiger partial charge in [0.2, 0.25) is 5.91 Å². The number of rotatable bonds is 5. The van der Waals surface area contributed by atoms with Gasteiger partial charge in [-0.05, 0) is 30.2 Å². The number of halogens is 1. The van der Waals surface area contributed by atoms with Crippen molar-refractivity contribution in [3.63, 3.8) is 0 Å². The average Bonchev–Trinajstić information content (AvgIpc) is 2.91. The van der Waals surface area contributed by atoms with Crippen molar-refractivity contribution in [3.8, 4) is 0 Å². The van der Waals surface area contributed by atoms with Gasteiger partial charge in [-0.3, -0.25) is 4.79 Å². The number of aromatic nitrogens is 1. The van der Waals surface area contributed by atoms with E-state index in [1.165, 1.54) is 16.9 Å². The molecule has 0 atom stereocenters. The number of anilines is 1. The summed E-state index contributed by atoms with van der Waals surface area (Å²) in [5, 5.41) is 4.18. The van der Waals surface area contributed by atoms with Gasteiger partial charge < -0.3 is 5.32 Å². The maximum Gasteiger partial charge on any atom is 0.236 e. The van der Waals surface area contributed by atoms with Crippen LogP contribution < -0.4 is 5.32 Å². The van der Waals surface area contributed by atoms with E-state index >= 15 is 0 Å². The summed E-state index contributed by atoms with van der Waals surface area (Å²) in [6.45, 7) is 1.97. The van der Waals surface area contributed by atoms with E-state index < -0.39 is 0 Å². The van der Waals surface area contributed by atoms with Crippen molar-refractivity contribution in [1.82, 2.24) is 4.98 Å². The average molecular weight is 363 g/mol. The first-order valence-electron chi connectivity index (χ1n) is 7.10. The molecule has 0 radical (unpaired) electrons. The minimum atomic E-state index is -0.0336. The molecule has 1 aromatic heterocycles. The Balaban J connectivity index is 1.58. The van der Waals surface area contributed by atoms with Crippen molar-refractivity contribution in [3.05, 3.63) is 58.6 Å². The number of hydrogen-bond donors (Lipinski definition) is 1. The number of benzene rings is 2. The summed E-state index contributed by atoms with van der Waals surface area (Å²) in [6.07, 6.45) is 0. The SMILES string of the molecule is Cc1cc(Cl)cc2sc(NC(=O)CSCc3ccccc3)nc12. The van der Waals surface area contributed by atoms with E-state index in [1.807, 2.05) is 37.3 Å². The number of hydrogen-bond acceptors (Lipinski definition) is 4. The zero-order valence-electron chi connectivity index (χ0n) is 12.5. The van der Waals surface area contributed by atoms with Gasteiger partial charge in [0, 0.05) is 10.8 Å². The van der Waals surface area contributed by atoms with Crippen LogP contribution in [0.2, 0.25) is 5.02 Å². The van der Waals surface area contributed by atoms with E-state index in [0.717, 1.165) is 21.5 Å². The zero-order chi connectivity index (χ0) is 16.2. The van der Waals surface area contributed by atoms with Gasteiger partial charge in [-0.2, -0.15) is 0 Å². The van der Waals surface area contributed by atoms with Gasteiger partial charge in [-0.1, -0.05) is 53.3 Å². The van der Waals surface area contributed by atoms with Crippen LogP contribution in [0, 0.1) is 6.92 Å². The van der Waals surface area contributed by atoms with Crippen LogP contribution in [-0.4, -0.2) is 16.6 Å². The van der Waals surface area contributed by atoms with E-state index in [4.69, 9.17) is 11.6 Å². The molecule has 1 N–H and O–H groups in total. The molecule has 3 rings (SSSR count). The maximum atomic E-state index is 12.0. The summed E-state index contributed by atoms with van der Waals surface area (Å²) >= 11 is 9.09. The molecular weight excluding hydrogens is 348 g/mol. The molecular formula is C17H15ClN2OS2. The molecule has 0 aliphatic rings. The van der Waals surface area contributed by atoms with E-state index in [1.54, 1.807) is 11.8 Å². The number of aryl methyl sites for hydroxylation is 1. The van der Waals surface area contributed by atoms with Gasteiger partial charge in [0.1, 0.15) is 0 Å². The number of nitrogens with one attached hydrogen (secondary N) is 1. The van der Waals surface area contributed by atoms with Crippen LogP contribution in [0.4, 0.5) is 5.13 Å². The monoisotopic (exact) mass is 362 g/mol. The van der Waals surface area contributed by atoms with Gasteiger partial charge in [0.15, 0.2) is 5.13 Å². The molecule has 0 saturated carbocycles. The van der Waals surface area contributed by atoms with Crippen LogP contribution in [0.1, 0.15) is 11.1 Å². The Morgan fingerprint density at radius 2 is 2.09 bits per heavy atom. The van der Waals surface area contributed by atoms with Gasteiger partial charge in [-0.15, -0.1) is 11.8 Å². The number of thiazole rings is 1. The van der Waals surface area contributed by atoms with Gasteiger partial charge in [0.05, 0.1) is 16.0 Å². The molecule has 6 heteroatoms. The van der Waals surface area contributed by atoms with Crippen molar-refractivity contribution in [2.24, 2.45) is 0 Å². The van der Waals surface area contributed by atoms with Gasteiger partial charge >= 0.3 is 0 Å². The number of fused-ring (bicyclic) bond motifs is 1. The third-order valence-corrected chi connectivity index (χ3v) is 5.38. The largest absolute Gasteiger partial charge is 0.301 e. The Hall–Kier alpha value is -1.56. The first-order chi connectivity index (χ1) is 11.1. The standard InChI is InChI=1S/C17H15ClN2OS2/c1-11-7-13(18)8-14-16(11)20-17(23-14)19-15(21)10-22-9-12-5-3-2-4-6-12/h2-8H,9-10H2,1H3,(H,19,20,21). The highest BCUT2D eigenvalue weighted by molar-refractivity contribution is 7.99. The number of nitrogens with zero attached hydrogens (tertiary/aromatic N) is 1. The lowest BCUT2D eigenvalue weighted by Crippen LogP contribution is -2.13. The molecule has 1 heterocycles. The van der Waals surface area contributed by atoms with E-state index in [2.05, 4.69) is 22.4 Å². The van der Waals surface area contributed by atoms with Crippen LogP contribution in [0.3, 0.4) is 0 Å². The first kappa shape index (κ1) is 16.3. The Morgan fingerprint density at radius 1 is 1.30 bits per heavy atom. The fourth-order valence-electron chi connectivity index (χ4n) is 2.20. The van der Waals surface area contributed by atoms with Crippen LogP contribution in [-0.2, 0) is 10.5 Å². The quantitative estimate of drug-likeness (QED) is 0.684. The lowest BCUT2D eigenvalue weighted by molar-refractivity contribution is -0.113. The predicted octanol–water partition coefficient (Wildman–Crippen LogP) is 5.13. The molecule has 0 spiro atoms. The Morgan fingerprint density at radius 3 is 2.87 bits per heavy atom. The molecule has 0 unspecified atom stereocenters. The predicted molar refractivity (Wildman–Crippen MR) is 101 cm³/mol. The Labute approximate surface area is 148 Å². The molecule has 23 heavy (non-hydrogen) atoms. The van der Waals surface area contributed by atoms with Crippen LogP contribution in [0.25, 0.3) is 10.2 Å². The fourth-order valence-corrected chi connectivity index (χ4v) is 4.32. The van der Waals surface area contributed by atoms with Crippen LogP contribution >= 0.6 is 34.7 Å². The van der Waals surface area contributed by atoms with Crippen molar-refractivity contribution in [2.45, 2.75) is 12.7 Å². The number of amides is 1. The van der Waals surface area contributed by atoms with Gasteiger partial charge in [-0.25, -0.2) is 4.98 Å². The number of carbonyl (C=O) groups excluding carboxylic acids is 1. The minimum Gasteiger partial charge on any atom is -0.301 e. The maximum absolute atomic E-state index is 12.0. The van der Waals surface area contributed by atoms with Crippen LogP contribution in [0.5, 0.6) is 0 Å². The normalized spacial score (nSPS) is 10.9. The Bertz CT molecular complexity index is 833. The molecule has 0 saturated heterocycles. The summed E-state index contributed by atoms with van der Waals surface area (Å²) in [5.74, 6) is 1.20. The van der Waals surface area contributed by atoms with Crippen molar-refractivity contribution in [2.75, 3.05) is 11.1 Å². The summed E-state index contributed by atoms with van der Waals surface area (Å²) in [7, 11) is 0. The molecule has 0 bridgehead atoms. The third-order valence-electron chi connectivity index (χ3n) is 3.24. The molecule has 118 valence electrons. The molecule has 3 aromatic rings. The van der Waals surface area contributed by atoms with Crippen LogP contribution in [0.15, 0.2) is 42.5 Å². The van der Waals surface area contributed by atoms with E-state index in [9.17, 15) is 4.79 Å². The van der Waals surface area contributed by atoms with Gasteiger partial charge in [0.25, 0.3) is 0 Å². The molecule has 2 aromatic carbocycles. The summed E-state index contributed by atoms with van der Waals surface area (Å²) in [5.41, 5.74) is 3.13. The Kier molecular flexibility index (Phi) is 5.20. The number of carbonyl (C=O) groups is 1. The van der Waals surface area contributed by atoms with Crippen molar-refractivity contribution in [1.29, 1.82) is 0 Å². The van der Waals surface area contributed by atoms with Crippen molar-refractivity contribution >= 4 is 56.0 Å². The molecule has 0 aliphatic carbocycles. The molecule has 0 aliphatic heterocycles. The van der Waals surface area contributed by atoms with E-state index in [0.29, 0.717) is 15.9 Å². The topological polar surface area (TPSA) is 42.0 Å². The second-order valence-electron chi connectivity index (χ2n) is 5.12. The fraction of sp³-hybridized carbons (Fsp3) is 0.176.